The lowest BCUT2D eigenvalue weighted by atomic mass is 9.53. The molecule has 2 aliphatic carbocycles. The van der Waals surface area contributed by atoms with Crippen LogP contribution in [-0.4, -0.2) is 53.0 Å². The number of ketones is 1. The van der Waals surface area contributed by atoms with Gasteiger partial charge in [-0.1, -0.05) is 19.1 Å². The normalized spacial score (nSPS) is 62.3. The molecule has 3 heterocycles. The van der Waals surface area contributed by atoms with Crippen molar-refractivity contribution in [1.29, 1.82) is 0 Å². The van der Waals surface area contributed by atoms with Crippen molar-refractivity contribution < 1.29 is 28.9 Å². The van der Waals surface area contributed by atoms with E-state index in [2.05, 4.69) is 6.58 Å². The number of rotatable bonds is 1. The molecule has 6 nitrogen and oxygen atoms in total. The van der Waals surface area contributed by atoms with E-state index < -0.39 is 46.8 Å². The first-order chi connectivity index (χ1) is 9.80. The molecule has 0 radical (unpaired) electrons. The summed E-state index contributed by atoms with van der Waals surface area (Å²) in [6.07, 6.45) is -1.66. The predicted octanol–water partition coefficient (Wildman–Crippen LogP) is -0.410. The SMILES string of the molecule is C=C(C)C1C2OC(=O)C1C1(O)COC34C(=O)C3OC2C14C. The van der Waals surface area contributed by atoms with Crippen molar-refractivity contribution in [2.45, 2.75) is 43.4 Å². The zero-order valence-electron chi connectivity index (χ0n) is 11.8. The van der Waals surface area contributed by atoms with Crippen LogP contribution in [0.25, 0.3) is 0 Å². The molecule has 1 spiro atoms. The van der Waals surface area contributed by atoms with Gasteiger partial charge in [0.25, 0.3) is 0 Å². The van der Waals surface area contributed by atoms with Crippen molar-refractivity contribution in [3.63, 3.8) is 0 Å². The van der Waals surface area contributed by atoms with Gasteiger partial charge in [-0.05, 0) is 6.92 Å². The Morgan fingerprint density at radius 2 is 2.14 bits per heavy atom. The Kier molecular flexibility index (Phi) is 1.73. The molecule has 0 amide bonds. The van der Waals surface area contributed by atoms with Gasteiger partial charge in [0.1, 0.15) is 17.8 Å². The van der Waals surface area contributed by atoms with Crippen LogP contribution in [0.2, 0.25) is 0 Å². The lowest BCUT2D eigenvalue weighted by molar-refractivity contribution is -0.184. The van der Waals surface area contributed by atoms with Gasteiger partial charge in [-0.15, -0.1) is 0 Å². The summed E-state index contributed by atoms with van der Waals surface area (Å²) in [4.78, 5) is 24.4. The second-order valence-corrected chi connectivity index (χ2v) is 7.20. The van der Waals surface area contributed by atoms with Gasteiger partial charge in [0.15, 0.2) is 11.7 Å². The maximum Gasteiger partial charge on any atom is 0.313 e. The molecule has 21 heavy (non-hydrogen) atoms. The van der Waals surface area contributed by atoms with Crippen LogP contribution in [0, 0.1) is 17.3 Å². The summed E-state index contributed by atoms with van der Waals surface area (Å²) >= 11 is 0. The van der Waals surface area contributed by atoms with E-state index >= 15 is 0 Å². The Hall–Kier alpha value is -1.24. The second kappa shape index (κ2) is 2.95. The van der Waals surface area contributed by atoms with Crippen LogP contribution >= 0.6 is 0 Å². The number of Topliss-reactive ketones (excluding diaryl/α,β-unsaturated/α-hetero) is 1. The zero-order valence-corrected chi connectivity index (χ0v) is 11.8. The quantitative estimate of drug-likeness (QED) is 0.523. The number of esters is 1. The van der Waals surface area contributed by atoms with Crippen molar-refractivity contribution in [2.75, 3.05) is 6.61 Å². The molecular weight excluding hydrogens is 276 g/mol. The Bertz CT molecular complexity index is 642. The molecule has 5 fully saturated rings. The summed E-state index contributed by atoms with van der Waals surface area (Å²) in [7, 11) is 0. The standard InChI is InChI=1S/C15H16O6/c1-5(2)6-7-12(17)20-8(6)10-13(3)14(7,18)4-19-15(13)9(16)11(15)21-10/h6-8,10-11,18H,1,4H2,2-3H3. The van der Waals surface area contributed by atoms with E-state index in [1.165, 1.54) is 0 Å². The van der Waals surface area contributed by atoms with Gasteiger partial charge in [0.05, 0.1) is 17.9 Å². The van der Waals surface area contributed by atoms with Gasteiger partial charge in [-0.3, -0.25) is 9.59 Å². The number of hydrogen-bond acceptors (Lipinski definition) is 6. The first kappa shape index (κ1) is 12.3. The summed E-state index contributed by atoms with van der Waals surface area (Å²) in [5.74, 6) is -1.61. The topological polar surface area (TPSA) is 82.1 Å². The van der Waals surface area contributed by atoms with E-state index in [0.717, 1.165) is 5.57 Å². The van der Waals surface area contributed by atoms with Gasteiger partial charge in [0.2, 0.25) is 5.78 Å². The maximum absolute atomic E-state index is 12.3. The smallest absolute Gasteiger partial charge is 0.313 e. The molecule has 2 bridgehead atoms. The Morgan fingerprint density at radius 1 is 1.43 bits per heavy atom. The van der Waals surface area contributed by atoms with E-state index in [1.807, 2.05) is 6.92 Å². The molecule has 8 atom stereocenters. The van der Waals surface area contributed by atoms with Gasteiger partial charge in [0, 0.05) is 5.92 Å². The molecule has 6 heteroatoms. The maximum atomic E-state index is 12.3. The Balaban J connectivity index is 1.76. The number of carbonyl (C=O) groups excluding carboxylic acids is 2. The summed E-state index contributed by atoms with van der Waals surface area (Å²) in [6.45, 7) is 7.52. The van der Waals surface area contributed by atoms with Crippen molar-refractivity contribution >= 4 is 11.8 Å². The van der Waals surface area contributed by atoms with E-state index in [9.17, 15) is 14.7 Å². The average molecular weight is 292 g/mol. The molecule has 5 rings (SSSR count). The highest BCUT2D eigenvalue weighted by Gasteiger charge is 2.95. The number of ether oxygens (including phenoxy) is 3. The molecule has 2 saturated carbocycles. The minimum Gasteiger partial charge on any atom is -0.459 e. The van der Waals surface area contributed by atoms with E-state index in [4.69, 9.17) is 14.2 Å². The van der Waals surface area contributed by atoms with Gasteiger partial charge >= 0.3 is 5.97 Å². The molecule has 1 N–H and O–H groups in total. The lowest BCUT2D eigenvalue weighted by Crippen LogP contribution is -2.67. The third kappa shape index (κ3) is 0.872. The Labute approximate surface area is 121 Å². The summed E-state index contributed by atoms with van der Waals surface area (Å²) in [5.41, 5.74) is -2.69. The van der Waals surface area contributed by atoms with Crippen LogP contribution < -0.4 is 0 Å². The van der Waals surface area contributed by atoms with Gasteiger partial charge in [-0.25, -0.2) is 0 Å². The molecule has 3 saturated heterocycles. The van der Waals surface area contributed by atoms with Crippen molar-refractivity contribution in [3.8, 4) is 0 Å². The summed E-state index contributed by atoms with van der Waals surface area (Å²) < 4.78 is 17.1. The fourth-order valence-corrected chi connectivity index (χ4v) is 5.42. The molecule has 112 valence electrons. The highest BCUT2D eigenvalue weighted by atomic mass is 16.6. The molecule has 0 aromatic carbocycles. The van der Waals surface area contributed by atoms with Crippen LogP contribution in [0.1, 0.15) is 13.8 Å². The van der Waals surface area contributed by atoms with E-state index in [1.54, 1.807) is 6.92 Å². The fraction of sp³-hybridized carbons (Fsp3) is 0.733. The highest BCUT2D eigenvalue weighted by molar-refractivity contribution is 6.13. The van der Waals surface area contributed by atoms with Crippen molar-refractivity contribution in [2.24, 2.45) is 17.3 Å². The van der Waals surface area contributed by atoms with Crippen LogP contribution in [0.5, 0.6) is 0 Å². The van der Waals surface area contributed by atoms with Crippen molar-refractivity contribution in [1.82, 2.24) is 0 Å². The molecule has 0 aromatic rings. The first-order valence-corrected chi connectivity index (χ1v) is 7.23. The number of carbonyl (C=O) groups is 2. The average Bonchev–Trinajstić information content (AvgIpc) is 2.71. The molecule has 3 aliphatic heterocycles. The van der Waals surface area contributed by atoms with Crippen LogP contribution in [-0.2, 0) is 23.8 Å². The monoisotopic (exact) mass is 292 g/mol. The van der Waals surface area contributed by atoms with Crippen LogP contribution in [0.4, 0.5) is 0 Å². The van der Waals surface area contributed by atoms with E-state index in [-0.39, 0.29) is 18.3 Å². The third-order valence-corrected chi connectivity index (χ3v) is 6.53. The zero-order chi connectivity index (χ0) is 14.9. The lowest BCUT2D eigenvalue weighted by Gasteiger charge is -2.50. The van der Waals surface area contributed by atoms with Crippen LogP contribution in [0.3, 0.4) is 0 Å². The molecule has 5 aliphatic rings. The highest BCUT2D eigenvalue weighted by Crippen LogP contribution is 2.74. The molecular formula is C15H16O6. The van der Waals surface area contributed by atoms with E-state index in [0.29, 0.717) is 0 Å². The number of fused-ring (bicyclic) bond motifs is 4. The second-order valence-electron chi connectivity index (χ2n) is 7.20. The molecule has 0 aromatic heterocycles. The predicted molar refractivity (Wildman–Crippen MR) is 67.1 cm³/mol. The largest absolute Gasteiger partial charge is 0.459 e. The summed E-state index contributed by atoms with van der Waals surface area (Å²) in [6, 6.07) is 0. The number of aliphatic hydroxyl groups is 1. The fourth-order valence-electron chi connectivity index (χ4n) is 5.42. The summed E-state index contributed by atoms with van der Waals surface area (Å²) in [5, 5.41) is 11.3. The number of hydrogen-bond donors (Lipinski definition) is 1. The Morgan fingerprint density at radius 3 is 2.81 bits per heavy atom. The molecule has 8 unspecified atom stereocenters. The minimum atomic E-state index is -1.45. The van der Waals surface area contributed by atoms with Gasteiger partial charge < -0.3 is 19.3 Å². The minimum absolute atomic E-state index is 0.0398. The van der Waals surface area contributed by atoms with Gasteiger partial charge in [-0.2, -0.15) is 0 Å². The van der Waals surface area contributed by atoms with Crippen molar-refractivity contribution in [3.05, 3.63) is 12.2 Å². The first-order valence-electron chi connectivity index (χ1n) is 7.23. The third-order valence-electron chi connectivity index (χ3n) is 6.53. The van der Waals surface area contributed by atoms with Crippen LogP contribution in [0.15, 0.2) is 12.2 Å².